The number of para-hydroxylation sites is 1. The van der Waals surface area contributed by atoms with Gasteiger partial charge in [0.25, 0.3) is 0 Å². The number of aromatic amines is 1. The number of H-pyrrole nitrogens is 1. The van der Waals surface area contributed by atoms with E-state index in [1.807, 2.05) is 42.5 Å². The quantitative estimate of drug-likeness (QED) is 0.445. The maximum absolute atomic E-state index is 13.3. The SMILES string of the molecule is N#Cc1ccc(C=CC(=O)C2Cc3c([nH]c4ccccc34)C(c3ccc4c(c3)OCO4)N2)cc1. The summed E-state index contributed by atoms with van der Waals surface area (Å²) < 4.78 is 11.1. The highest BCUT2D eigenvalue weighted by atomic mass is 16.7. The van der Waals surface area contributed by atoms with Gasteiger partial charge in [0, 0.05) is 16.6 Å². The third-order valence-corrected chi connectivity index (χ3v) is 6.46. The second-order valence-corrected chi connectivity index (χ2v) is 8.50. The number of nitrogens with one attached hydrogen (secondary N) is 2. The number of nitriles is 1. The van der Waals surface area contributed by atoms with Crippen molar-refractivity contribution >= 4 is 22.8 Å². The summed E-state index contributed by atoms with van der Waals surface area (Å²) in [7, 11) is 0. The zero-order chi connectivity index (χ0) is 23.1. The zero-order valence-electron chi connectivity index (χ0n) is 18.2. The van der Waals surface area contributed by atoms with Crippen molar-refractivity contribution in [2.45, 2.75) is 18.5 Å². The molecule has 0 bridgehead atoms. The van der Waals surface area contributed by atoms with Gasteiger partial charge in [-0.15, -0.1) is 0 Å². The summed E-state index contributed by atoms with van der Waals surface area (Å²) in [5, 5.41) is 13.7. The van der Waals surface area contributed by atoms with Crippen LogP contribution in [-0.2, 0) is 11.2 Å². The van der Waals surface area contributed by atoms with Crippen LogP contribution in [0.1, 0.15) is 34.0 Å². The van der Waals surface area contributed by atoms with E-state index in [9.17, 15) is 4.79 Å². The molecule has 6 heteroatoms. The van der Waals surface area contributed by atoms with Crippen molar-refractivity contribution in [3.63, 3.8) is 0 Å². The number of ether oxygens (including phenoxy) is 2. The minimum absolute atomic E-state index is 0.00559. The van der Waals surface area contributed by atoms with Crippen molar-refractivity contribution in [3.8, 4) is 17.6 Å². The molecule has 2 aliphatic heterocycles. The first-order valence-electron chi connectivity index (χ1n) is 11.2. The Bertz CT molecular complexity index is 1480. The number of aromatic nitrogens is 1. The van der Waals surface area contributed by atoms with Crippen LogP contribution in [0.3, 0.4) is 0 Å². The Morgan fingerprint density at radius 3 is 2.71 bits per heavy atom. The van der Waals surface area contributed by atoms with E-state index in [1.165, 1.54) is 0 Å². The number of nitrogens with zero attached hydrogens (tertiary/aromatic N) is 1. The molecule has 3 heterocycles. The molecule has 0 saturated carbocycles. The number of carbonyl (C=O) groups is 1. The highest BCUT2D eigenvalue weighted by Gasteiger charge is 2.33. The van der Waals surface area contributed by atoms with Crippen molar-refractivity contribution in [1.82, 2.24) is 10.3 Å². The lowest BCUT2D eigenvalue weighted by molar-refractivity contribution is -0.116. The molecular weight excluding hydrogens is 426 g/mol. The Labute approximate surface area is 196 Å². The predicted octanol–water partition coefficient (Wildman–Crippen LogP) is 4.65. The Kier molecular flexibility index (Phi) is 4.90. The van der Waals surface area contributed by atoms with Crippen LogP contribution >= 0.6 is 0 Å². The van der Waals surface area contributed by atoms with E-state index in [2.05, 4.69) is 28.5 Å². The van der Waals surface area contributed by atoms with Crippen LogP contribution in [0.2, 0.25) is 0 Å². The van der Waals surface area contributed by atoms with Gasteiger partial charge < -0.3 is 14.5 Å². The molecule has 0 spiro atoms. The first-order valence-corrected chi connectivity index (χ1v) is 11.2. The molecule has 3 aromatic carbocycles. The molecule has 2 N–H and O–H groups in total. The third-order valence-electron chi connectivity index (χ3n) is 6.46. The van der Waals surface area contributed by atoms with Gasteiger partial charge in [-0.05, 0) is 59.5 Å². The number of hydrogen-bond donors (Lipinski definition) is 2. The minimum atomic E-state index is -0.378. The average Bonchev–Trinajstić information content (AvgIpc) is 3.51. The molecular formula is C28H21N3O3. The molecule has 0 radical (unpaired) electrons. The summed E-state index contributed by atoms with van der Waals surface area (Å²) in [4.78, 5) is 16.8. The maximum Gasteiger partial charge on any atom is 0.231 e. The summed E-state index contributed by atoms with van der Waals surface area (Å²) >= 11 is 0. The van der Waals surface area contributed by atoms with E-state index in [0.29, 0.717) is 17.7 Å². The molecule has 0 aliphatic carbocycles. The number of fused-ring (bicyclic) bond motifs is 4. The van der Waals surface area contributed by atoms with Crippen molar-refractivity contribution in [2.24, 2.45) is 0 Å². The average molecular weight is 447 g/mol. The molecule has 166 valence electrons. The van der Waals surface area contributed by atoms with Crippen LogP contribution in [0.4, 0.5) is 0 Å². The van der Waals surface area contributed by atoms with E-state index < -0.39 is 0 Å². The maximum atomic E-state index is 13.3. The molecule has 0 fully saturated rings. The first kappa shape index (κ1) is 20.3. The normalized spacial score (nSPS) is 18.7. The van der Waals surface area contributed by atoms with E-state index in [1.54, 1.807) is 24.3 Å². The molecule has 6 nitrogen and oxygen atoms in total. The Morgan fingerprint density at radius 2 is 1.85 bits per heavy atom. The molecule has 1 aromatic heterocycles. The first-order chi connectivity index (χ1) is 16.7. The summed E-state index contributed by atoms with van der Waals surface area (Å²) in [6, 6.07) is 22.8. The minimum Gasteiger partial charge on any atom is -0.454 e. The van der Waals surface area contributed by atoms with E-state index >= 15 is 0 Å². The second-order valence-electron chi connectivity index (χ2n) is 8.50. The van der Waals surface area contributed by atoms with E-state index in [-0.39, 0.29) is 24.7 Å². The molecule has 4 aromatic rings. The highest BCUT2D eigenvalue weighted by molar-refractivity contribution is 5.99. The van der Waals surface area contributed by atoms with Gasteiger partial charge in [-0.1, -0.05) is 42.5 Å². The van der Waals surface area contributed by atoms with Crippen molar-refractivity contribution in [1.29, 1.82) is 5.26 Å². The van der Waals surface area contributed by atoms with Gasteiger partial charge in [-0.2, -0.15) is 5.26 Å². The lowest BCUT2D eigenvalue weighted by Crippen LogP contribution is -2.44. The van der Waals surface area contributed by atoms with Crippen molar-refractivity contribution < 1.29 is 14.3 Å². The fourth-order valence-electron chi connectivity index (χ4n) is 4.74. The Morgan fingerprint density at radius 1 is 1.03 bits per heavy atom. The number of benzene rings is 3. The van der Waals surface area contributed by atoms with Crippen LogP contribution in [0.15, 0.2) is 72.8 Å². The Hall–Kier alpha value is -4.34. The summed E-state index contributed by atoms with van der Waals surface area (Å²) in [6.07, 6.45) is 4.01. The highest BCUT2D eigenvalue weighted by Crippen LogP contribution is 2.39. The van der Waals surface area contributed by atoms with Crippen molar-refractivity contribution in [2.75, 3.05) is 6.79 Å². The van der Waals surface area contributed by atoms with E-state index in [4.69, 9.17) is 14.7 Å². The van der Waals surface area contributed by atoms with Crippen LogP contribution in [-0.4, -0.2) is 23.6 Å². The molecule has 2 unspecified atom stereocenters. The van der Waals surface area contributed by atoms with Crippen LogP contribution in [0, 0.1) is 11.3 Å². The van der Waals surface area contributed by atoms with Gasteiger partial charge in [-0.25, -0.2) is 0 Å². The topological polar surface area (TPSA) is 87.1 Å². The van der Waals surface area contributed by atoms with Gasteiger partial charge in [0.05, 0.1) is 23.7 Å². The van der Waals surface area contributed by atoms with Gasteiger partial charge in [0.1, 0.15) is 0 Å². The smallest absolute Gasteiger partial charge is 0.231 e. The second kappa shape index (κ2) is 8.22. The van der Waals surface area contributed by atoms with Crippen molar-refractivity contribution in [3.05, 3.63) is 101 Å². The largest absolute Gasteiger partial charge is 0.454 e. The van der Waals surface area contributed by atoms with Gasteiger partial charge in [-0.3, -0.25) is 10.1 Å². The lowest BCUT2D eigenvalue weighted by atomic mass is 9.88. The molecule has 0 saturated heterocycles. The van der Waals surface area contributed by atoms with Crippen LogP contribution in [0.25, 0.3) is 17.0 Å². The predicted molar refractivity (Wildman–Crippen MR) is 129 cm³/mol. The number of hydrogen-bond acceptors (Lipinski definition) is 5. The fourth-order valence-corrected chi connectivity index (χ4v) is 4.74. The van der Waals surface area contributed by atoms with Gasteiger partial charge in [0.2, 0.25) is 6.79 Å². The third kappa shape index (κ3) is 3.53. The van der Waals surface area contributed by atoms with Crippen LogP contribution < -0.4 is 14.8 Å². The fraction of sp³-hybridized carbons (Fsp3) is 0.143. The Balaban J connectivity index is 1.35. The summed E-state index contributed by atoms with van der Waals surface area (Å²) in [5.74, 6) is 1.45. The number of rotatable bonds is 4. The van der Waals surface area contributed by atoms with Crippen LogP contribution in [0.5, 0.6) is 11.5 Å². The van der Waals surface area contributed by atoms with Gasteiger partial charge in [0.15, 0.2) is 17.3 Å². The molecule has 34 heavy (non-hydrogen) atoms. The lowest BCUT2D eigenvalue weighted by Gasteiger charge is -2.30. The number of ketones is 1. The monoisotopic (exact) mass is 447 g/mol. The molecule has 2 aliphatic rings. The van der Waals surface area contributed by atoms with Gasteiger partial charge >= 0.3 is 0 Å². The zero-order valence-corrected chi connectivity index (χ0v) is 18.2. The number of carbonyl (C=O) groups excluding carboxylic acids is 1. The summed E-state index contributed by atoms with van der Waals surface area (Å²) in [5.41, 5.74) is 5.76. The molecule has 2 atom stereocenters. The summed E-state index contributed by atoms with van der Waals surface area (Å²) in [6.45, 7) is 0.218. The van der Waals surface area contributed by atoms with E-state index in [0.717, 1.165) is 39.0 Å². The molecule has 6 rings (SSSR count). The standard InChI is InChI=1S/C28H21N3O3/c29-15-18-7-5-17(6-8-18)9-11-24(32)23-14-21-20-3-1-2-4-22(20)30-28(21)27(31-23)19-10-12-25-26(13-19)34-16-33-25/h1-13,23,27,30-31H,14,16H2. The molecule has 0 amide bonds.